The molecule has 0 saturated carbocycles. The normalized spacial score (nSPS) is 20.4. The first-order valence-electron chi connectivity index (χ1n) is 7.09. The third kappa shape index (κ3) is 3.25. The largest absolute Gasteiger partial charge is 0.397 e. The van der Waals surface area contributed by atoms with Crippen LogP contribution in [0.15, 0.2) is 18.3 Å². The van der Waals surface area contributed by atoms with Gasteiger partial charge in [0.2, 0.25) is 0 Å². The molecule has 19 heavy (non-hydrogen) atoms. The molecule has 0 aliphatic carbocycles. The van der Waals surface area contributed by atoms with Gasteiger partial charge >= 0.3 is 0 Å². The first-order valence-corrected chi connectivity index (χ1v) is 7.09. The van der Waals surface area contributed by atoms with Gasteiger partial charge < -0.3 is 10.6 Å². The predicted octanol–water partition coefficient (Wildman–Crippen LogP) is 2.56. The van der Waals surface area contributed by atoms with Gasteiger partial charge in [-0.2, -0.15) is 0 Å². The fraction of sp³-hybridized carbons (Fsp3) is 0.600. The predicted molar refractivity (Wildman–Crippen MR) is 76.7 cm³/mol. The van der Waals surface area contributed by atoms with Crippen molar-refractivity contribution in [2.45, 2.75) is 33.1 Å². The van der Waals surface area contributed by atoms with Crippen LogP contribution in [0.4, 0.5) is 5.69 Å². The maximum Gasteiger partial charge on any atom is 0.274 e. The van der Waals surface area contributed by atoms with Crippen LogP contribution in [0.25, 0.3) is 0 Å². The molecule has 1 aliphatic heterocycles. The number of amides is 1. The van der Waals surface area contributed by atoms with E-state index in [1.54, 1.807) is 18.3 Å². The molecule has 1 saturated heterocycles. The number of anilines is 1. The third-order valence-corrected chi connectivity index (χ3v) is 4.04. The summed E-state index contributed by atoms with van der Waals surface area (Å²) in [4.78, 5) is 18.5. The highest BCUT2D eigenvalue weighted by atomic mass is 16.2. The van der Waals surface area contributed by atoms with Crippen LogP contribution in [-0.2, 0) is 0 Å². The summed E-state index contributed by atoms with van der Waals surface area (Å²) in [7, 11) is 0. The van der Waals surface area contributed by atoms with E-state index in [4.69, 9.17) is 5.73 Å². The molecule has 1 aromatic heterocycles. The first kappa shape index (κ1) is 13.8. The Labute approximate surface area is 115 Å². The molecular formula is C15H23N3O. The van der Waals surface area contributed by atoms with Crippen LogP contribution in [0.1, 0.15) is 43.6 Å². The number of likely N-dealkylation sites (tertiary alicyclic amines) is 1. The fourth-order valence-corrected chi connectivity index (χ4v) is 2.74. The van der Waals surface area contributed by atoms with E-state index >= 15 is 0 Å². The number of hydrogen-bond donors (Lipinski definition) is 1. The molecule has 1 aliphatic rings. The van der Waals surface area contributed by atoms with Gasteiger partial charge in [-0.15, -0.1) is 0 Å². The zero-order valence-electron chi connectivity index (χ0n) is 11.8. The standard InChI is InChI=1S/C15H23N3O/c1-11(2)12-5-4-9-18(10-7-12)15(19)14-13(16)6-3-8-17-14/h3,6,8,11-12H,4-5,7,9-10,16H2,1-2H3. The SMILES string of the molecule is CC(C)C1CCCN(C(=O)c2ncccc2N)CC1. The minimum atomic E-state index is -0.0255. The molecule has 0 bridgehead atoms. The molecule has 1 fully saturated rings. The highest BCUT2D eigenvalue weighted by Crippen LogP contribution is 2.25. The molecule has 2 N–H and O–H groups in total. The number of nitrogen functional groups attached to an aromatic ring is 1. The van der Waals surface area contributed by atoms with Gasteiger partial charge in [-0.05, 0) is 43.2 Å². The van der Waals surface area contributed by atoms with Gasteiger partial charge in [-0.25, -0.2) is 4.98 Å². The van der Waals surface area contributed by atoms with Crippen molar-refractivity contribution in [3.05, 3.63) is 24.0 Å². The van der Waals surface area contributed by atoms with Gasteiger partial charge in [0.15, 0.2) is 5.69 Å². The zero-order valence-corrected chi connectivity index (χ0v) is 11.8. The van der Waals surface area contributed by atoms with Gasteiger partial charge in [0.25, 0.3) is 5.91 Å². The van der Waals surface area contributed by atoms with Crippen LogP contribution in [0, 0.1) is 11.8 Å². The summed E-state index contributed by atoms with van der Waals surface area (Å²) in [5.74, 6) is 1.39. The van der Waals surface area contributed by atoms with Gasteiger partial charge in [-0.1, -0.05) is 13.8 Å². The number of carbonyl (C=O) groups excluding carboxylic acids is 1. The summed E-state index contributed by atoms with van der Waals surface area (Å²) >= 11 is 0. The van der Waals surface area contributed by atoms with E-state index in [0.717, 1.165) is 31.8 Å². The topological polar surface area (TPSA) is 59.2 Å². The summed E-state index contributed by atoms with van der Waals surface area (Å²) in [5, 5.41) is 0. The lowest BCUT2D eigenvalue weighted by molar-refractivity contribution is 0.0754. The Balaban J connectivity index is 2.06. The Kier molecular flexibility index (Phi) is 4.40. The Morgan fingerprint density at radius 3 is 2.89 bits per heavy atom. The molecule has 1 aromatic rings. The van der Waals surface area contributed by atoms with Crippen LogP contribution in [0.2, 0.25) is 0 Å². The molecular weight excluding hydrogens is 238 g/mol. The van der Waals surface area contributed by atoms with Crippen molar-refractivity contribution in [3.8, 4) is 0 Å². The monoisotopic (exact) mass is 261 g/mol. The Bertz CT molecular complexity index is 445. The van der Waals surface area contributed by atoms with E-state index in [1.807, 2.05) is 4.90 Å². The van der Waals surface area contributed by atoms with E-state index < -0.39 is 0 Å². The number of pyridine rings is 1. The van der Waals surface area contributed by atoms with Crippen molar-refractivity contribution in [1.82, 2.24) is 9.88 Å². The number of rotatable bonds is 2. The molecule has 104 valence electrons. The van der Waals surface area contributed by atoms with Crippen LogP contribution >= 0.6 is 0 Å². The molecule has 0 aromatic carbocycles. The number of aromatic nitrogens is 1. The highest BCUT2D eigenvalue weighted by Gasteiger charge is 2.24. The van der Waals surface area contributed by atoms with Crippen molar-refractivity contribution in [2.24, 2.45) is 11.8 Å². The van der Waals surface area contributed by atoms with Crippen LogP contribution in [0.5, 0.6) is 0 Å². The second-order valence-electron chi connectivity index (χ2n) is 5.67. The molecule has 2 rings (SSSR count). The first-order chi connectivity index (χ1) is 9.09. The average molecular weight is 261 g/mol. The average Bonchev–Trinajstić information content (AvgIpc) is 2.64. The molecule has 1 amide bonds. The molecule has 0 spiro atoms. The van der Waals surface area contributed by atoms with Gasteiger partial charge in [0.05, 0.1) is 5.69 Å². The second kappa shape index (κ2) is 6.04. The van der Waals surface area contributed by atoms with Crippen molar-refractivity contribution in [3.63, 3.8) is 0 Å². The lowest BCUT2D eigenvalue weighted by atomic mass is 9.89. The molecule has 1 atom stereocenters. The van der Waals surface area contributed by atoms with E-state index in [2.05, 4.69) is 18.8 Å². The molecule has 4 heteroatoms. The maximum atomic E-state index is 12.4. The number of nitrogens with zero attached hydrogens (tertiary/aromatic N) is 2. The second-order valence-corrected chi connectivity index (χ2v) is 5.67. The van der Waals surface area contributed by atoms with Crippen LogP contribution < -0.4 is 5.73 Å². The van der Waals surface area contributed by atoms with Crippen LogP contribution in [-0.4, -0.2) is 28.9 Å². The molecule has 2 heterocycles. The van der Waals surface area contributed by atoms with E-state index in [9.17, 15) is 4.79 Å². The van der Waals surface area contributed by atoms with Gasteiger partial charge in [0.1, 0.15) is 0 Å². The molecule has 0 radical (unpaired) electrons. The lowest BCUT2D eigenvalue weighted by Gasteiger charge is -2.21. The van der Waals surface area contributed by atoms with E-state index in [1.165, 1.54) is 6.42 Å². The summed E-state index contributed by atoms with van der Waals surface area (Å²) in [6.45, 7) is 6.16. The minimum absolute atomic E-state index is 0.0255. The smallest absolute Gasteiger partial charge is 0.274 e. The van der Waals surface area contributed by atoms with Crippen LogP contribution in [0.3, 0.4) is 0 Å². The molecule has 1 unspecified atom stereocenters. The van der Waals surface area contributed by atoms with E-state index in [-0.39, 0.29) is 5.91 Å². The molecule has 4 nitrogen and oxygen atoms in total. The zero-order chi connectivity index (χ0) is 13.8. The highest BCUT2D eigenvalue weighted by molar-refractivity contribution is 5.97. The number of hydrogen-bond acceptors (Lipinski definition) is 3. The van der Waals surface area contributed by atoms with Gasteiger partial charge in [0, 0.05) is 19.3 Å². The fourth-order valence-electron chi connectivity index (χ4n) is 2.74. The third-order valence-electron chi connectivity index (χ3n) is 4.04. The number of carbonyl (C=O) groups is 1. The lowest BCUT2D eigenvalue weighted by Crippen LogP contribution is -2.33. The van der Waals surface area contributed by atoms with Crippen molar-refractivity contribution < 1.29 is 4.79 Å². The van der Waals surface area contributed by atoms with Crippen molar-refractivity contribution in [2.75, 3.05) is 18.8 Å². The summed E-state index contributed by atoms with van der Waals surface area (Å²) in [6.07, 6.45) is 4.98. The Morgan fingerprint density at radius 2 is 2.21 bits per heavy atom. The van der Waals surface area contributed by atoms with E-state index in [0.29, 0.717) is 17.3 Å². The Hall–Kier alpha value is -1.58. The quantitative estimate of drug-likeness (QED) is 0.890. The summed E-state index contributed by atoms with van der Waals surface area (Å²) in [6, 6.07) is 3.48. The Morgan fingerprint density at radius 1 is 1.42 bits per heavy atom. The number of nitrogens with two attached hydrogens (primary N) is 1. The summed E-state index contributed by atoms with van der Waals surface area (Å²) < 4.78 is 0. The van der Waals surface area contributed by atoms with Gasteiger partial charge in [-0.3, -0.25) is 4.79 Å². The van der Waals surface area contributed by atoms with Crippen molar-refractivity contribution >= 4 is 11.6 Å². The maximum absolute atomic E-state index is 12.4. The van der Waals surface area contributed by atoms with Crippen molar-refractivity contribution in [1.29, 1.82) is 0 Å². The summed E-state index contributed by atoms with van der Waals surface area (Å²) in [5.41, 5.74) is 6.70. The minimum Gasteiger partial charge on any atom is -0.397 e.